The van der Waals surface area contributed by atoms with Crippen molar-refractivity contribution in [1.82, 2.24) is 15.5 Å². The molecule has 0 spiro atoms. The Labute approximate surface area is 128 Å². The Morgan fingerprint density at radius 1 is 1.19 bits per heavy atom. The minimum absolute atomic E-state index is 0.101. The van der Waals surface area contributed by atoms with Crippen LogP contribution in [0, 0.1) is 5.41 Å². The first kappa shape index (κ1) is 18.0. The van der Waals surface area contributed by atoms with Gasteiger partial charge in [-0.3, -0.25) is 9.59 Å². The maximum absolute atomic E-state index is 12.2. The Bertz CT molecular complexity index is 353. The lowest BCUT2D eigenvalue weighted by atomic mass is 9.93. The number of rotatable bonds is 5. The van der Waals surface area contributed by atoms with E-state index in [1.165, 1.54) is 0 Å². The summed E-state index contributed by atoms with van der Waals surface area (Å²) < 4.78 is 0. The fourth-order valence-corrected chi connectivity index (χ4v) is 2.48. The Balaban J connectivity index is 2.27. The zero-order chi connectivity index (χ0) is 16.0. The number of carbonyl (C=O) groups is 2. The maximum atomic E-state index is 12.2. The summed E-state index contributed by atoms with van der Waals surface area (Å²) in [5, 5.41) is 6.31. The predicted molar refractivity (Wildman–Crippen MR) is 85.0 cm³/mol. The Morgan fingerprint density at radius 3 is 2.24 bits per heavy atom. The zero-order valence-electron chi connectivity index (χ0n) is 14.2. The summed E-state index contributed by atoms with van der Waals surface area (Å²) in [7, 11) is 0. The molecule has 0 aromatic carbocycles. The zero-order valence-corrected chi connectivity index (χ0v) is 14.2. The molecule has 0 aromatic rings. The second-order valence-corrected chi connectivity index (χ2v) is 7.24. The van der Waals surface area contributed by atoms with Crippen LogP contribution in [-0.2, 0) is 9.59 Å². The predicted octanol–water partition coefficient (Wildman–Crippen LogP) is 1.53. The molecular formula is C16H31N3O2. The van der Waals surface area contributed by atoms with Gasteiger partial charge in [-0.1, -0.05) is 34.6 Å². The van der Waals surface area contributed by atoms with Crippen LogP contribution in [0.3, 0.4) is 0 Å². The normalized spacial score (nSPS) is 17.1. The van der Waals surface area contributed by atoms with Gasteiger partial charge in [-0.2, -0.15) is 0 Å². The molecule has 5 heteroatoms. The van der Waals surface area contributed by atoms with E-state index in [9.17, 15) is 9.59 Å². The fraction of sp³-hybridized carbons (Fsp3) is 0.875. The van der Waals surface area contributed by atoms with Gasteiger partial charge in [0.1, 0.15) is 0 Å². The largest absolute Gasteiger partial charge is 0.353 e. The van der Waals surface area contributed by atoms with Crippen molar-refractivity contribution in [1.29, 1.82) is 0 Å². The van der Waals surface area contributed by atoms with Gasteiger partial charge >= 0.3 is 0 Å². The molecule has 1 heterocycles. The Kier molecular flexibility index (Phi) is 6.65. The molecule has 0 atom stereocenters. The molecule has 1 aliphatic rings. The van der Waals surface area contributed by atoms with Crippen LogP contribution in [0.25, 0.3) is 0 Å². The van der Waals surface area contributed by atoms with E-state index in [0.717, 1.165) is 25.9 Å². The van der Waals surface area contributed by atoms with Gasteiger partial charge in [0.05, 0.1) is 0 Å². The molecule has 1 aliphatic heterocycles. The lowest BCUT2D eigenvalue weighted by Gasteiger charge is -2.36. The van der Waals surface area contributed by atoms with Crippen LogP contribution in [0.15, 0.2) is 0 Å². The van der Waals surface area contributed by atoms with Gasteiger partial charge in [0.15, 0.2) is 0 Å². The van der Waals surface area contributed by atoms with Crippen molar-refractivity contribution >= 4 is 11.8 Å². The summed E-state index contributed by atoms with van der Waals surface area (Å²) in [6.45, 7) is 12.2. The third-order valence-corrected chi connectivity index (χ3v) is 3.69. The van der Waals surface area contributed by atoms with Crippen molar-refractivity contribution in [3.63, 3.8) is 0 Å². The summed E-state index contributed by atoms with van der Waals surface area (Å²) in [5.41, 5.74) is -0.321. The van der Waals surface area contributed by atoms with Crippen LogP contribution in [0.1, 0.15) is 53.9 Å². The van der Waals surface area contributed by atoms with Crippen LogP contribution < -0.4 is 10.6 Å². The third-order valence-electron chi connectivity index (χ3n) is 3.69. The molecule has 122 valence electrons. The molecular weight excluding hydrogens is 266 g/mol. The second kappa shape index (κ2) is 7.78. The molecule has 0 bridgehead atoms. The van der Waals surface area contributed by atoms with Gasteiger partial charge in [0.25, 0.3) is 0 Å². The van der Waals surface area contributed by atoms with Gasteiger partial charge < -0.3 is 15.5 Å². The van der Waals surface area contributed by atoms with Crippen LogP contribution in [0.4, 0.5) is 0 Å². The molecule has 5 nitrogen and oxygen atoms in total. The highest BCUT2D eigenvalue weighted by Crippen LogP contribution is 2.20. The summed E-state index contributed by atoms with van der Waals surface area (Å²) in [6, 6.07) is 0.616. The maximum Gasteiger partial charge on any atom is 0.227 e. The smallest absolute Gasteiger partial charge is 0.227 e. The quantitative estimate of drug-likeness (QED) is 0.809. The van der Waals surface area contributed by atoms with Crippen LogP contribution in [0.5, 0.6) is 0 Å². The summed E-state index contributed by atoms with van der Waals surface area (Å²) in [4.78, 5) is 25.9. The molecule has 0 aromatic heterocycles. The molecule has 1 rings (SSSR count). The number of nitrogens with zero attached hydrogens (tertiary/aromatic N) is 1. The van der Waals surface area contributed by atoms with Crippen molar-refractivity contribution < 1.29 is 9.59 Å². The second-order valence-electron chi connectivity index (χ2n) is 7.24. The first-order chi connectivity index (χ1) is 9.70. The van der Waals surface area contributed by atoms with E-state index >= 15 is 0 Å². The molecule has 1 fully saturated rings. The number of likely N-dealkylation sites (tertiary alicyclic amines) is 1. The molecule has 0 aliphatic carbocycles. The molecule has 1 saturated heterocycles. The van der Waals surface area contributed by atoms with E-state index in [4.69, 9.17) is 0 Å². The molecule has 0 saturated carbocycles. The average Bonchev–Trinajstić information content (AvgIpc) is 2.37. The molecule has 0 unspecified atom stereocenters. The highest BCUT2D eigenvalue weighted by molar-refractivity contribution is 5.81. The van der Waals surface area contributed by atoms with E-state index < -0.39 is 0 Å². The van der Waals surface area contributed by atoms with Crippen molar-refractivity contribution in [3.05, 3.63) is 0 Å². The molecule has 2 N–H and O–H groups in total. The number of carbonyl (C=O) groups excluding carboxylic acids is 2. The molecule has 21 heavy (non-hydrogen) atoms. The minimum atomic E-state index is -0.321. The highest BCUT2D eigenvalue weighted by atomic mass is 16.2. The van der Waals surface area contributed by atoms with Gasteiger partial charge in [-0.25, -0.2) is 0 Å². The number of hydrogen-bond donors (Lipinski definition) is 2. The van der Waals surface area contributed by atoms with Crippen LogP contribution in [-0.4, -0.2) is 48.4 Å². The SMILES string of the molecule is CC(C)NCCC(=O)NC1CCN(C(=O)C(C)(C)C)CC1. The third kappa shape index (κ3) is 6.46. The van der Waals surface area contributed by atoms with Crippen molar-refractivity contribution in [2.75, 3.05) is 19.6 Å². The number of amides is 2. The van der Waals surface area contributed by atoms with E-state index in [-0.39, 0.29) is 23.3 Å². The number of piperidine rings is 1. The van der Waals surface area contributed by atoms with E-state index in [2.05, 4.69) is 24.5 Å². The van der Waals surface area contributed by atoms with E-state index in [1.807, 2.05) is 25.7 Å². The molecule has 2 amide bonds. The number of nitrogens with one attached hydrogen (secondary N) is 2. The van der Waals surface area contributed by atoms with Crippen molar-refractivity contribution in [3.8, 4) is 0 Å². The van der Waals surface area contributed by atoms with Gasteiger partial charge in [-0.15, -0.1) is 0 Å². The first-order valence-corrected chi connectivity index (χ1v) is 8.02. The van der Waals surface area contributed by atoms with E-state index in [0.29, 0.717) is 19.0 Å². The Hall–Kier alpha value is -1.10. The molecule has 0 radical (unpaired) electrons. The van der Waals surface area contributed by atoms with Gasteiger partial charge in [-0.05, 0) is 12.8 Å². The monoisotopic (exact) mass is 297 g/mol. The average molecular weight is 297 g/mol. The van der Waals surface area contributed by atoms with Crippen molar-refractivity contribution in [2.45, 2.75) is 66.0 Å². The van der Waals surface area contributed by atoms with Gasteiger partial charge in [0, 0.05) is 43.6 Å². The summed E-state index contributed by atoms with van der Waals surface area (Å²) in [6.07, 6.45) is 2.22. The first-order valence-electron chi connectivity index (χ1n) is 8.02. The number of hydrogen-bond acceptors (Lipinski definition) is 3. The Morgan fingerprint density at radius 2 is 1.76 bits per heavy atom. The van der Waals surface area contributed by atoms with Crippen LogP contribution in [0.2, 0.25) is 0 Å². The summed E-state index contributed by atoms with van der Waals surface area (Å²) >= 11 is 0. The van der Waals surface area contributed by atoms with E-state index in [1.54, 1.807) is 0 Å². The standard InChI is InChI=1S/C16H31N3O2/c1-12(2)17-9-6-14(20)18-13-7-10-19(11-8-13)15(21)16(3,4)5/h12-13,17H,6-11H2,1-5H3,(H,18,20). The fourth-order valence-electron chi connectivity index (χ4n) is 2.48. The van der Waals surface area contributed by atoms with Crippen molar-refractivity contribution in [2.24, 2.45) is 5.41 Å². The highest BCUT2D eigenvalue weighted by Gasteiger charge is 2.30. The topological polar surface area (TPSA) is 61.4 Å². The van der Waals surface area contributed by atoms with Gasteiger partial charge in [0.2, 0.25) is 11.8 Å². The minimum Gasteiger partial charge on any atom is -0.353 e. The lowest BCUT2D eigenvalue weighted by Crippen LogP contribution is -2.49. The lowest BCUT2D eigenvalue weighted by molar-refractivity contribution is -0.140. The summed E-state index contributed by atoms with van der Waals surface area (Å²) in [5.74, 6) is 0.303. The van der Waals surface area contributed by atoms with Crippen LogP contribution >= 0.6 is 0 Å².